The maximum Gasteiger partial charge on any atom is 0.261 e. The molecule has 2 rings (SSSR count). The van der Waals surface area contributed by atoms with Crippen LogP contribution in [0.3, 0.4) is 0 Å². The molecule has 2 aromatic carbocycles. The van der Waals surface area contributed by atoms with E-state index in [1.165, 1.54) is 4.90 Å². The molecule has 0 spiro atoms. The molecule has 0 saturated carbocycles. The second-order valence-corrected chi connectivity index (χ2v) is 7.91. The van der Waals surface area contributed by atoms with Crippen molar-refractivity contribution in [3.05, 3.63) is 63.1 Å². The molecule has 2 amide bonds. The summed E-state index contributed by atoms with van der Waals surface area (Å²) in [4.78, 5) is 27.3. The Bertz CT molecular complexity index is 882. The molecule has 0 aromatic heterocycles. The molecular formula is C23H28Cl2N2O3. The first-order valence-electron chi connectivity index (χ1n) is 9.98. The molecule has 5 nitrogen and oxygen atoms in total. The topological polar surface area (TPSA) is 58.6 Å². The zero-order chi connectivity index (χ0) is 22.3. The van der Waals surface area contributed by atoms with E-state index in [0.717, 1.165) is 11.1 Å². The zero-order valence-electron chi connectivity index (χ0n) is 17.8. The Hall–Kier alpha value is -2.24. The van der Waals surface area contributed by atoms with Gasteiger partial charge >= 0.3 is 0 Å². The number of benzene rings is 2. The number of rotatable bonds is 9. The van der Waals surface area contributed by atoms with E-state index in [9.17, 15) is 9.59 Å². The van der Waals surface area contributed by atoms with Gasteiger partial charge in [0, 0.05) is 28.7 Å². The van der Waals surface area contributed by atoms with Crippen molar-refractivity contribution >= 4 is 35.0 Å². The van der Waals surface area contributed by atoms with E-state index in [0.29, 0.717) is 34.3 Å². The molecule has 1 N–H and O–H groups in total. The molecule has 0 fully saturated rings. The van der Waals surface area contributed by atoms with Crippen LogP contribution in [0.5, 0.6) is 5.75 Å². The molecule has 0 radical (unpaired) electrons. The number of hydrogen-bond donors (Lipinski definition) is 1. The lowest BCUT2D eigenvalue weighted by molar-refractivity contribution is -0.142. The van der Waals surface area contributed by atoms with E-state index in [-0.39, 0.29) is 25.0 Å². The Morgan fingerprint density at radius 2 is 1.77 bits per heavy atom. The van der Waals surface area contributed by atoms with Crippen molar-refractivity contribution in [2.75, 3.05) is 13.2 Å². The summed E-state index contributed by atoms with van der Waals surface area (Å²) in [5.41, 5.74) is 2.66. The average Bonchev–Trinajstić information content (AvgIpc) is 2.69. The van der Waals surface area contributed by atoms with Gasteiger partial charge < -0.3 is 15.0 Å². The number of amides is 2. The van der Waals surface area contributed by atoms with Crippen LogP contribution < -0.4 is 10.1 Å². The molecule has 0 heterocycles. The van der Waals surface area contributed by atoms with E-state index < -0.39 is 6.04 Å². The van der Waals surface area contributed by atoms with Gasteiger partial charge in [0.05, 0.1) is 0 Å². The minimum Gasteiger partial charge on any atom is -0.483 e. The highest BCUT2D eigenvalue weighted by Gasteiger charge is 2.29. The maximum atomic E-state index is 13.2. The summed E-state index contributed by atoms with van der Waals surface area (Å²) in [5.74, 6) is 0.0999. The number of halogens is 2. The molecule has 1 atom stereocenters. The summed E-state index contributed by atoms with van der Waals surface area (Å²) in [5, 5.41) is 3.69. The molecule has 0 unspecified atom stereocenters. The van der Waals surface area contributed by atoms with Gasteiger partial charge in [-0.1, -0.05) is 53.9 Å². The summed E-state index contributed by atoms with van der Waals surface area (Å²) >= 11 is 12.6. The molecule has 0 aliphatic heterocycles. The first-order chi connectivity index (χ1) is 14.3. The Labute approximate surface area is 188 Å². The average molecular weight is 451 g/mol. The molecule has 0 bridgehead atoms. The van der Waals surface area contributed by atoms with Crippen LogP contribution in [0, 0.1) is 13.8 Å². The highest BCUT2D eigenvalue weighted by molar-refractivity contribution is 6.36. The lowest BCUT2D eigenvalue weighted by Crippen LogP contribution is -2.50. The van der Waals surface area contributed by atoms with Crippen LogP contribution in [-0.2, 0) is 16.1 Å². The van der Waals surface area contributed by atoms with E-state index in [1.54, 1.807) is 18.2 Å². The van der Waals surface area contributed by atoms with Crippen molar-refractivity contribution in [3.63, 3.8) is 0 Å². The molecule has 162 valence electrons. The van der Waals surface area contributed by atoms with Gasteiger partial charge in [0.15, 0.2) is 6.61 Å². The van der Waals surface area contributed by atoms with Crippen molar-refractivity contribution < 1.29 is 14.3 Å². The monoisotopic (exact) mass is 450 g/mol. The Morgan fingerprint density at radius 3 is 2.33 bits per heavy atom. The van der Waals surface area contributed by atoms with Crippen molar-refractivity contribution in [1.82, 2.24) is 10.2 Å². The van der Waals surface area contributed by atoms with E-state index >= 15 is 0 Å². The largest absolute Gasteiger partial charge is 0.483 e. The quantitative estimate of drug-likeness (QED) is 0.588. The lowest BCUT2D eigenvalue weighted by atomic mass is 10.1. The van der Waals surface area contributed by atoms with Crippen molar-refractivity contribution in [2.45, 2.75) is 46.7 Å². The Morgan fingerprint density at radius 1 is 1.10 bits per heavy atom. The first kappa shape index (κ1) is 24.0. The predicted molar refractivity (Wildman–Crippen MR) is 121 cm³/mol. The molecule has 2 aromatic rings. The van der Waals surface area contributed by atoms with Gasteiger partial charge in [-0.15, -0.1) is 0 Å². The number of hydrogen-bond acceptors (Lipinski definition) is 3. The molecule has 30 heavy (non-hydrogen) atoms. The van der Waals surface area contributed by atoms with Crippen LogP contribution in [0.2, 0.25) is 10.0 Å². The second-order valence-electron chi connectivity index (χ2n) is 7.10. The SMILES string of the molecule is CCNC(=O)[C@@H](CC)N(Cc1c(Cl)cccc1Cl)C(=O)COc1ccc(C)cc1C. The number of carbonyl (C=O) groups excluding carboxylic acids is 2. The van der Waals surface area contributed by atoms with Crippen LogP contribution in [0.4, 0.5) is 0 Å². The van der Waals surface area contributed by atoms with Gasteiger partial charge in [-0.25, -0.2) is 0 Å². The first-order valence-corrected chi connectivity index (χ1v) is 10.7. The van der Waals surface area contributed by atoms with Crippen molar-refractivity contribution in [2.24, 2.45) is 0 Å². The molecule has 0 aliphatic rings. The summed E-state index contributed by atoms with van der Waals surface area (Å²) < 4.78 is 5.78. The number of nitrogens with zero attached hydrogens (tertiary/aromatic N) is 1. The minimum absolute atomic E-state index is 0.114. The Balaban J connectivity index is 2.28. The van der Waals surface area contributed by atoms with Gasteiger partial charge in [0.1, 0.15) is 11.8 Å². The summed E-state index contributed by atoms with van der Waals surface area (Å²) in [6.45, 7) is 8.02. The maximum absolute atomic E-state index is 13.2. The third-order valence-corrected chi connectivity index (χ3v) is 5.52. The van der Waals surface area contributed by atoms with E-state index in [4.69, 9.17) is 27.9 Å². The smallest absolute Gasteiger partial charge is 0.261 e. The number of ether oxygens (including phenoxy) is 1. The highest BCUT2D eigenvalue weighted by Crippen LogP contribution is 2.27. The van der Waals surface area contributed by atoms with Crippen LogP contribution in [0.15, 0.2) is 36.4 Å². The fourth-order valence-corrected chi connectivity index (χ4v) is 3.77. The number of nitrogens with one attached hydrogen (secondary N) is 1. The summed E-state index contributed by atoms with van der Waals surface area (Å²) in [6.07, 6.45) is 0.448. The van der Waals surface area contributed by atoms with Crippen LogP contribution in [0.25, 0.3) is 0 Å². The minimum atomic E-state index is -0.660. The van der Waals surface area contributed by atoms with Gasteiger partial charge in [-0.2, -0.15) is 0 Å². The third-order valence-electron chi connectivity index (χ3n) is 4.81. The Kier molecular flexibility index (Phi) is 9.00. The van der Waals surface area contributed by atoms with Crippen molar-refractivity contribution in [3.8, 4) is 5.75 Å². The lowest BCUT2D eigenvalue weighted by Gasteiger charge is -2.31. The summed E-state index contributed by atoms with van der Waals surface area (Å²) in [7, 11) is 0. The van der Waals surface area contributed by atoms with Gasteiger partial charge in [0.2, 0.25) is 5.91 Å². The zero-order valence-corrected chi connectivity index (χ0v) is 19.3. The normalized spacial score (nSPS) is 11.7. The van der Waals surface area contributed by atoms with Crippen LogP contribution in [-0.4, -0.2) is 35.9 Å². The fraction of sp³-hybridized carbons (Fsp3) is 0.391. The molecular weight excluding hydrogens is 423 g/mol. The van der Waals surface area contributed by atoms with Crippen LogP contribution >= 0.6 is 23.2 Å². The molecule has 0 saturated heterocycles. The number of carbonyl (C=O) groups is 2. The number of aryl methyl sites for hydroxylation is 2. The van der Waals surface area contributed by atoms with E-state index in [1.807, 2.05) is 45.9 Å². The fourth-order valence-electron chi connectivity index (χ4n) is 3.25. The second kappa shape index (κ2) is 11.2. The van der Waals surface area contributed by atoms with Gasteiger partial charge in [0.25, 0.3) is 5.91 Å². The highest BCUT2D eigenvalue weighted by atomic mass is 35.5. The predicted octanol–water partition coefficient (Wildman–Crippen LogP) is 4.93. The number of likely N-dealkylation sites (N-methyl/N-ethyl adjacent to an activating group) is 1. The van der Waals surface area contributed by atoms with E-state index in [2.05, 4.69) is 5.32 Å². The van der Waals surface area contributed by atoms with Gasteiger partial charge in [-0.3, -0.25) is 9.59 Å². The standard InChI is InChI=1S/C23H28Cl2N2O3/c1-5-20(23(29)26-6-2)27(13-17-18(24)8-7-9-19(17)25)22(28)14-30-21-11-10-15(3)12-16(21)4/h7-12,20H,5-6,13-14H2,1-4H3,(H,26,29)/t20-/m1/s1. The molecule has 7 heteroatoms. The summed E-state index contributed by atoms with van der Waals surface area (Å²) in [6, 6.07) is 10.3. The van der Waals surface area contributed by atoms with Crippen molar-refractivity contribution in [1.29, 1.82) is 0 Å². The van der Waals surface area contributed by atoms with Gasteiger partial charge in [-0.05, 0) is 51.0 Å². The molecule has 0 aliphatic carbocycles. The third kappa shape index (κ3) is 6.13. The van der Waals surface area contributed by atoms with Crippen LogP contribution in [0.1, 0.15) is 37.0 Å².